The fraction of sp³-hybridized carbons (Fsp3) is 0.368. The molecule has 1 fully saturated rings. The van der Waals surface area contributed by atoms with Crippen molar-refractivity contribution in [2.75, 3.05) is 19.8 Å². The molecule has 1 aliphatic rings. The molecular weight excluding hydrogens is 274 g/mol. The van der Waals surface area contributed by atoms with E-state index in [9.17, 15) is 5.11 Å². The molecule has 0 amide bonds. The Kier molecular flexibility index (Phi) is 4.88. The van der Waals surface area contributed by atoms with Crippen molar-refractivity contribution in [3.8, 4) is 0 Å². The average Bonchev–Trinajstić information content (AvgIpc) is 2.55. The molecule has 0 radical (unpaired) electrons. The maximum Gasteiger partial charge on any atom is 0.100 e. The standard InChI is InChI=1S/C19H23NO2/c1-15-6-5-7-16(12-15)13-20-10-11-22-18(14-21)19(20)17-8-3-2-4-9-17/h2-9,12,18-19,21H,10-11,13-14H2,1H3/t18-,19-/m1/s1. The molecule has 1 heterocycles. The molecule has 3 rings (SSSR count). The zero-order valence-electron chi connectivity index (χ0n) is 13.0. The van der Waals surface area contributed by atoms with E-state index in [0.717, 1.165) is 13.1 Å². The quantitative estimate of drug-likeness (QED) is 0.942. The summed E-state index contributed by atoms with van der Waals surface area (Å²) in [5.74, 6) is 0. The topological polar surface area (TPSA) is 32.7 Å². The van der Waals surface area contributed by atoms with E-state index in [-0.39, 0.29) is 18.8 Å². The second-order valence-corrected chi connectivity index (χ2v) is 5.91. The smallest absolute Gasteiger partial charge is 0.100 e. The first kappa shape index (κ1) is 15.2. The second kappa shape index (κ2) is 7.05. The van der Waals surface area contributed by atoms with E-state index in [2.05, 4.69) is 48.2 Å². The lowest BCUT2D eigenvalue weighted by atomic mass is 9.97. The molecule has 2 aromatic carbocycles. The van der Waals surface area contributed by atoms with Gasteiger partial charge in [0, 0.05) is 13.1 Å². The zero-order chi connectivity index (χ0) is 15.4. The van der Waals surface area contributed by atoms with Gasteiger partial charge in [-0.3, -0.25) is 4.90 Å². The summed E-state index contributed by atoms with van der Waals surface area (Å²) >= 11 is 0. The number of rotatable bonds is 4. The van der Waals surface area contributed by atoms with Crippen LogP contribution in [-0.4, -0.2) is 35.9 Å². The van der Waals surface area contributed by atoms with E-state index < -0.39 is 0 Å². The van der Waals surface area contributed by atoms with Gasteiger partial charge in [-0.05, 0) is 18.1 Å². The zero-order valence-corrected chi connectivity index (χ0v) is 13.0. The van der Waals surface area contributed by atoms with Gasteiger partial charge in [0.2, 0.25) is 0 Å². The first-order chi connectivity index (χ1) is 10.8. The number of aliphatic hydroxyl groups is 1. The normalized spacial score (nSPS) is 22.6. The third-order valence-electron chi connectivity index (χ3n) is 4.25. The Morgan fingerprint density at radius 1 is 1.14 bits per heavy atom. The molecule has 1 N–H and O–H groups in total. The predicted octanol–water partition coefficient (Wildman–Crippen LogP) is 2.93. The highest BCUT2D eigenvalue weighted by atomic mass is 16.5. The number of nitrogens with zero attached hydrogens (tertiary/aromatic N) is 1. The summed E-state index contributed by atoms with van der Waals surface area (Å²) in [7, 11) is 0. The van der Waals surface area contributed by atoms with Gasteiger partial charge in [0.1, 0.15) is 6.10 Å². The molecule has 0 spiro atoms. The minimum Gasteiger partial charge on any atom is -0.394 e. The highest BCUT2D eigenvalue weighted by Gasteiger charge is 2.32. The molecule has 0 saturated carbocycles. The number of aryl methyl sites for hydroxylation is 1. The van der Waals surface area contributed by atoms with Gasteiger partial charge in [0.05, 0.1) is 19.3 Å². The monoisotopic (exact) mass is 297 g/mol. The van der Waals surface area contributed by atoms with Crippen LogP contribution in [0.3, 0.4) is 0 Å². The van der Waals surface area contributed by atoms with Gasteiger partial charge in [0.15, 0.2) is 0 Å². The molecule has 3 nitrogen and oxygen atoms in total. The summed E-state index contributed by atoms with van der Waals surface area (Å²) < 4.78 is 5.79. The lowest BCUT2D eigenvalue weighted by Crippen LogP contribution is -2.46. The summed E-state index contributed by atoms with van der Waals surface area (Å²) in [6, 6.07) is 19.1. The number of aliphatic hydroxyl groups excluding tert-OH is 1. The largest absolute Gasteiger partial charge is 0.394 e. The summed E-state index contributed by atoms with van der Waals surface area (Å²) in [5.41, 5.74) is 3.79. The molecule has 0 aliphatic carbocycles. The summed E-state index contributed by atoms with van der Waals surface area (Å²) in [4.78, 5) is 2.41. The van der Waals surface area contributed by atoms with Crippen LogP contribution in [0.15, 0.2) is 54.6 Å². The van der Waals surface area contributed by atoms with E-state index >= 15 is 0 Å². The molecule has 1 saturated heterocycles. The van der Waals surface area contributed by atoms with Crippen molar-refractivity contribution < 1.29 is 9.84 Å². The Morgan fingerprint density at radius 2 is 1.95 bits per heavy atom. The van der Waals surface area contributed by atoms with Crippen LogP contribution in [0.1, 0.15) is 22.7 Å². The summed E-state index contributed by atoms with van der Waals surface area (Å²) in [6.45, 7) is 4.59. The van der Waals surface area contributed by atoms with Gasteiger partial charge in [-0.1, -0.05) is 60.2 Å². The van der Waals surface area contributed by atoms with Crippen molar-refractivity contribution in [1.82, 2.24) is 4.90 Å². The van der Waals surface area contributed by atoms with Gasteiger partial charge < -0.3 is 9.84 Å². The summed E-state index contributed by atoms with van der Waals surface area (Å²) in [6.07, 6.45) is -0.166. The van der Waals surface area contributed by atoms with Crippen molar-refractivity contribution in [2.45, 2.75) is 25.6 Å². The average molecular weight is 297 g/mol. The molecule has 1 aliphatic heterocycles. The summed E-state index contributed by atoms with van der Waals surface area (Å²) in [5, 5.41) is 9.70. The van der Waals surface area contributed by atoms with Gasteiger partial charge in [-0.25, -0.2) is 0 Å². The number of ether oxygens (including phenoxy) is 1. The first-order valence-corrected chi connectivity index (χ1v) is 7.85. The van der Waals surface area contributed by atoms with Crippen LogP contribution < -0.4 is 0 Å². The Hall–Kier alpha value is -1.68. The van der Waals surface area contributed by atoms with Gasteiger partial charge in [-0.2, -0.15) is 0 Å². The molecule has 22 heavy (non-hydrogen) atoms. The first-order valence-electron chi connectivity index (χ1n) is 7.85. The maximum atomic E-state index is 9.70. The van der Waals surface area contributed by atoms with Crippen LogP contribution in [0.2, 0.25) is 0 Å². The van der Waals surface area contributed by atoms with E-state index in [0.29, 0.717) is 6.61 Å². The molecule has 3 heteroatoms. The number of hydrogen-bond acceptors (Lipinski definition) is 3. The van der Waals surface area contributed by atoms with Gasteiger partial charge in [0.25, 0.3) is 0 Å². The highest BCUT2D eigenvalue weighted by Crippen LogP contribution is 2.30. The van der Waals surface area contributed by atoms with Crippen LogP contribution in [-0.2, 0) is 11.3 Å². The molecule has 2 aromatic rings. The number of benzene rings is 2. The number of morpholine rings is 1. The minimum absolute atomic E-state index is 0.0455. The van der Waals surface area contributed by atoms with E-state index in [1.165, 1.54) is 16.7 Å². The molecule has 0 bridgehead atoms. The fourth-order valence-electron chi connectivity index (χ4n) is 3.24. The van der Waals surface area contributed by atoms with E-state index in [4.69, 9.17) is 4.74 Å². The Morgan fingerprint density at radius 3 is 2.68 bits per heavy atom. The Labute approximate surface area is 132 Å². The van der Waals surface area contributed by atoms with E-state index in [1.54, 1.807) is 0 Å². The van der Waals surface area contributed by atoms with Crippen LogP contribution in [0.5, 0.6) is 0 Å². The lowest BCUT2D eigenvalue weighted by molar-refractivity contribution is -0.0960. The minimum atomic E-state index is -0.166. The third-order valence-corrected chi connectivity index (χ3v) is 4.25. The number of hydrogen-bond donors (Lipinski definition) is 1. The maximum absolute atomic E-state index is 9.70. The molecule has 0 aromatic heterocycles. The van der Waals surface area contributed by atoms with Gasteiger partial charge >= 0.3 is 0 Å². The second-order valence-electron chi connectivity index (χ2n) is 5.91. The molecule has 0 unspecified atom stereocenters. The van der Waals surface area contributed by atoms with E-state index in [1.807, 2.05) is 18.2 Å². The highest BCUT2D eigenvalue weighted by molar-refractivity contribution is 5.24. The molecule has 116 valence electrons. The van der Waals surface area contributed by atoms with Crippen molar-refractivity contribution in [3.63, 3.8) is 0 Å². The van der Waals surface area contributed by atoms with Crippen molar-refractivity contribution in [3.05, 3.63) is 71.3 Å². The van der Waals surface area contributed by atoms with Crippen LogP contribution in [0.4, 0.5) is 0 Å². The fourth-order valence-corrected chi connectivity index (χ4v) is 3.24. The van der Waals surface area contributed by atoms with Crippen LogP contribution in [0, 0.1) is 6.92 Å². The molecular formula is C19H23NO2. The Balaban J connectivity index is 1.86. The Bertz CT molecular complexity index is 599. The van der Waals surface area contributed by atoms with Crippen LogP contribution >= 0.6 is 0 Å². The van der Waals surface area contributed by atoms with Crippen molar-refractivity contribution in [1.29, 1.82) is 0 Å². The van der Waals surface area contributed by atoms with Crippen LogP contribution in [0.25, 0.3) is 0 Å². The SMILES string of the molecule is Cc1cccc(CN2CCO[C@H](CO)[C@H]2c2ccccc2)c1. The van der Waals surface area contributed by atoms with Crippen molar-refractivity contribution >= 4 is 0 Å². The van der Waals surface area contributed by atoms with Gasteiger partial charge in [-0.15, -0.1) is 0 Å². The van der Waals surface area contributed by atoms with Crippen molar-refractivity contribution in [2.24, 2.45) is 0 Å². The third kappa shape index (κ3) is 3.38. The lowest BCUT2D eigenvalue weighted by Gasteiger charge is -2.41. The molecule has 2 atom stereocenters. The predicted molar refractivity (Wildman–Crippen MR) is 87.6 cm³/mol.